The zero-order valence-corrected chi connectivity index (χ0v) is 24.9. The molecule has 212 valence electrons. The van der Waals surface area contributed by atoms with Gasteiger partial charge in [0.1, 0.15) is 0 Å². The number of benzene rings is 3. The molecule has 3 aliphatic rings. The molecule has 0 aromatic heterocycles. The Morgan fingerprint density at radius 3 is 2.41 bits per heavy atom. The molecule has 0 spiro atoms. The molecule has 3 aromatic carbocycles. The number of piperazine rings is 1. The van der Waals surface area contributed by atoms with Crippen molar-refractivity contribution in [2.45, 2.75) is 32.7 Å². The topological polar surface area (TPSA) is 55.9 Å². The summed E-state index contributed by atoms with van der Waals surface area (Å²) in [7, 11) is 0. The highest BCUT2D eigenvalue weighted by atomic mass is 35.5. The summed E-state index contributed by atoms with van der Waals surface area (Å²) in [6, 6.07) is 23.0. The van der Waals surface area contributed by atoms with Crippen LogP contribution in [0.25, 0.3) is 0 Å². The van der Waals surface area contributed by atoms with Gasteiger partial charge in [-0.3, -0.25) is 9.59 Å². The Morgan fingerprint density at radius 2 is 1.66 bits per heavy atom. The van der Waals surface area contributed by atoms with Crippen LogP contribution < -0.4 is 15.1 Å². The molecule has 6 rings (SSSR count). The van der Waals surface area contributed by atoms with Crippen LogP contribution >= 0.6 is 23.2 Å². The molecule has 0 radical (unpaired) electrons. The number of carbonyl (C=O) groups excluding carboxylic acids is 2. The molecule has 2 heterocycles. The van der Waals surface area contributed by atoms with E-state index in [0.29, 0.717) is 35.1 Å². The number of Topliss-reactive ketones (excluding diaryl/α,β-unsaturated/α-hetero) is 1. The minimum absolute atomic E-state index is 0.0234. The Kier molecular flexibility index (Phi) is 7.47. The number of fused-ring (bicyclic) bond motifs is 1. The van der Waals surface area contributed by atoms with E-state index in [-0.39, 0.29) is 23.7 Å². The predicted octanol–water partition coefficient (Wildman–Crippen LogP) is 6.96. The molecule has 2 aliphatic heterocycles. The SMILES string of the molecule is CC1(C)CC(=O)C2=C(C1)Nc1ccccc1N(CC(=O)N1CCN(c3cccc(Cl)c3)CC1)C2c1ccccc1Cl. The van der Waals surface area contributed by atoms with Crippen LogP contribution in [-0.2, 0) is 9.59 Å². The van der Waals surface area contributed by atoms with Gasteiger partial charge in [0, 0.05) is 59.6 Å². The fraction of sp³-hybridized carbons (Fsp3) is 0.333. The van der Waals surface area contributed by atoms with Crippen LogP contribution in [0.1, 0.15) is 38.3 Å². The number of amides is 1. The quantitative estimate of drug-likeness (QED) is 0.357. The number of hydrogen-bond donors (Lipinski definition) is 1. The van der Waals surface area contributed by atoms with Crippen molar-refractivity contribution in [3.05, 3.63) is 99.7 Å². The van der Waals surface area contributed by atoms with Crippen molar-refractivity contribution in [3.8, 4) is 0 Å². The average Bonchev–Trinajstić information content (AvgIpc) is 3.07. The van der Waals surface area contributed by atoms with E-state index in [1.54, 1.807) is 0 Å². The molecule has 8 heteroatoms. The van der Waals surface area contributed by atoms with E-state index in [9.17, 15) is 9.59 Å². The van der Waals surface area contributed by atoms with E-state index in [0.717, 1.165) is 47.8 Å². The van der Waals surface area contributed by atoms with E-state index in [2.05, 4.69) is 29.0 Å². The van der Waals surface area contributed by atoms with Crippen LogP contribution in [0.5, 0.6) is 0 Å². The molecule has 1 aliphatic carbocycles. The largest absolute Gasteiger partial charge is 0.368 e. The number of carbonyl (C=O) groups is 2. The number of halogens is 2. The van der Waals surface area contributed by atoms with Crippen molar-refractivity contribution in [1.29, 1.82) is 0 Å². The number of nitrogens with zero attached hydrogens (tertiary/aromatic N) is 3. The number of hydrogen-bond acceptors (Lipinski definition) is 5. The lowest BCUT2D eigenvalue weighted by molar-refractivity contribution is -0.130. The second-order valence-corrected chi connectivity index (χ2v) is 12.7. The van der Waals surface area contributed by atoms with E-state index in [4.69, 9.17) is 23.2 Å². The molecule has 1 amide bonds. The van der Waals surface area contributed by atoms with Crippen molar-refractivity contribution in [3.63, 3.8) is 0 Å². The smallest absolute Gasteiger partial charge is 0.242 e. The monoisotopic (exact) mass is 588 g/mol. The first kappa shape index (κ1) is 27.7. The Labute approximate surface area is 251 Å². The third-order valence-electron chi connectivity index (χ3n) is 8.32. The third kappa shape index (κ3) is 5.55. The molecule has 1 unspecified atom stereocenters. The highest BCUT2D eigenvalue weighted by Gasteiger charge is 2.42. The molecular weight excluding hydrogens is 555 g/mol. The molecule has 3 aromatic rings. The second-order valence-electron chi connectivity index (χ2n) is 11.9. The molecule has 41 heavy (non-hydrogen) atoms. The minimum atomic E-state index is -0.491. The minimum Gasteiger partial charge on any atom is -0.368 e. The number of allylic oxidation sites excluding steroid dienone is 1. The van der Waals surface area contributed by atoms with Gasteiger partial charge in [0.05, 0.1) is 24.0 Å². The Morgan fingerprint density at radius 1 is 0.927 bits per heavy atom. The fourth-order valence-electron chi connectivity index (χ4n) is 6.38. The van der Waals surface area contributed by atoms with E-state index >= 15 is 0 Å². The van der Waals surface area contributed by atoms with Gasteiger partial charge in [-0.05, 0) is 53.8 Å². The van der Waals surface area contributed by atoms with Crippen molar-refractivity contribution in [2.75, 3.05) is 47.8 Å². The predicted molar refractivity (Wildman–Crippen MR) is 167 cm³/mol. The third-order valence-corrected chi connectivity index (χ3v) is 8.89. The summed E-state index contributed by atoms with van der Waals surface area (Å²) in [6.07, 6.45) is 1.18. The maximum absolute atomic E-state index is 14.0. The lowest BCUT2D eigenvalue weighted by Crippen LogP contribution is -2.52. The number of ketones is 1. The number of nitrogens with one attached hydrogen (secondary N) is 1. The van der Waals surface area contributed by atoms with Gasteiger partial charge in [-0.2, -0.15) is 0 Å². The molecule has 0 saturated carbocycles. The van der Waals surface area contributed by atoms with E-state index < -0.39 is 6.04 Å². The Hall–Kier alpha value is -3.48. The first-order valence-corrected chi connectivity index (χ1v) is 14.9. The van der Waals surface area contributed by atoms with Gasteiger partial charge in [-0.1, -0.05) is 73.4 Å². The molecule has 6 nitrogen and oxygen atoms in total. The summed E-state index contributed by atoms with van der Waals surface area (Å²) in [5.74, 6) is 0.115. The lowest BCUT2D eigenvalue weighted by Gasteiger charge is -2.40. The normalized spacial score (nSPS) is 20.2. The standard InChI is InChI=1S/C33H34Cl2N4O2/c1-33(2)19-27-31(29(40)20-33)32(24-10-3-4-11-25(24)35)39(28-13-6-5-12-26(28)36-27)21-30(41)38-16-14-37(15-17-38)23-9-7-8-22(34)18-23/h3-13,18,32,36H,14-17,19-21H2,1-2H3. The zero-order valence-electron chi connectivity index (χ0n) is 23.4. The van der Waals surface area contributed by atoms with Gasteiger partial charge < -0.3 is 20.0 Å². The van der Waals surface area contributed by atoms with Crippen molar-refractivity contribution in [1.82, 2.24) is 4.90 Å². The van der Waals surface area contributed by atoms with E-state index in [1.807, 2.05) is 77.7 Å². The highest BCUT2D eigenvalue weighted by Crippen LogP contribution is 2.49. The van der Waals surface area contributed by atoms with Crippen LogP contribution in [-0.4, -0.2) is 49.3 Å². The molecule has 0 bridgehead atoms. The first-order chi connectivity index (χ1) is 19.7. The molecule has 1 saturated heterocycles. The maximum atomic E-state index is 14.0. The van der Waals surface area contributed by atoms with Crippen LogP contribution in [0.2, 0.25) is 10.0 Å². The second kappa shape index (κ2) is 11.1. The summed E-state index contributed by atoms with van der Waals surface area (Å²) < 4.78 is 0. The Balaban J connectivity index is 1.35. The van der Waals surface area contributed by atoms with Gasteiger partial charge in [0.2, 0.25) is 5.91 Å². The van der Waals surface area contributed by atoms with Crippen LogP contribution in [0.4, 0.5) is 17.1 Å². The maximum Gasteiger partial charge on any atom is 0.242 e. The van der Waals surface area contributed by atoms with Gasteiger partial charge in [-0.15, -0.1) is 0 Å². The number of para-hydroxylation sites is 2. The lowest BCUT2D eigenvalue weighted by atomic mass is 9.73. The number of rotatable bonds is 4. The summed E-state index contributed by atoms with van der Waals surface area (Å²) in [5.41, 5.74) is 5.10. The first-order valence-electron chi connectivity index (χ1n) is 14.1. The highest BCUT2D eigenvalue weighted by molar-refractivity contribution is 6.31. The summed E-state index contributed by atoms with van der Waals surface area (Å²) in [6.45, 7) is 7.04. The zero-order chi connectivity index (χ0) is 28.7. The van der Waals surface area contributed by atoms with Crippen molar-refractivity contribution >= 4 is 52.0 Å². The Bertz CT molecular complexity index is 1530. The fourth-order valence-corrected chi connectivity index (χ4v) is 6.80. The molecule has 1 fully saturated rings. The molecule has 1 atom stereocenters. The van der Waals surface area contributed by atoms with Crippen molar-refractivity contribution in [2.24, 2.45) is 5.41 Å². The van der Waals surface area contributed by atoms with Crippen LogP contribution in [0.15, 0.2) is 84.1 Å². The van der Waals surface area contributed by atoms with Gasteiger partial charge in [0.25, 0.3) is 0 Å². The van der Waals surface area contributed by atoms with Crippen molar-refractivity contribution < 1.29 is 9.59 Å². The molecule has 1 N–H and O–H groups in total. The van der Waals surface area contributed by atoms with Gasteiger partial charge in [-0.25, -0.2) is 0 Å². The summed E-state index contributed by atoms with van der Waals surface area (Å²) in [4.78, 5) is 34.1. The average molecular weight is 590 g/mol. The van der Waals surface area contributed by atoms with Crippen LogP contribution in [0.3, 0.4) is 0 Å². The number of anilines is 3. The van der Waals surface area contributed by atoms with Crippen LogP contribution in [0, 0.1) is 5.41 Å². The summed E-state index contributed by atoms with van der Waals surface area (Å²) >= 11 is 13.0. The van der Waals surface area contributed by atoms with Gasteiger partial charge in [0.15, 0.2) is 5.78 Å². The van der Waals surface area contributed by atoms with E-state index in [1.165, 1.54) is 0 Å². The molecular formula is C33H34Cl2N4O2. The van der Waals surface area contributed by atoms with Gasteiger partial charge >= 0.3 is 0 Å². The summed E-state index contributed by atoms with van der Waals surface area (Å²) in [5, 5.41) is 4.89.